The van der Waals surface area contributed by atoms with Gasteiger partial charge in [-0.3, -0.25) is 0 Å². The molecule has 2 N–H and O–H groups in total. The minimum absolute atomic E-state index is 0.00348. The molecule has 0 amide bonds. The lowest BCUT2D eigenvalue weighted by molar-refractivity contribution is -0.189. The van der Waals surface area contributed by atoms with Crippen molar-refractivity contribution >= 4 is 12.0 Å². The van der Waals surface area contributed by atoms with Crippen LogP contribution in [0, 0.1) is 22.2 Å². The molecule has 1 saturated heterocycles. The monoisotopic (exact) mass is 430 g/mol. The van der Waals surface area contributed by atoms with E-state index in [0.29, 0.717) is 12.4 Å². The van der Waals surface area contributed by atoms with E-state index in [4.69, 9.17) is 14.2 Å². The standard InChI is InChI=1S/C25H34O6/c1-22(2)11-10-20(23(3)13-17(14-26)25(15-30-25)24(22,23)4)31-21(28)9-7-16-6-8-18(27)19(12-16)29-5/h6-9,12,17,20,26-27H,10-11,13-15H2,1-5H3/b9-7+/t17-,20-,23-,24+,25+/m0/s1. The van der Waals surface area contributed by atoms with Crippen LogP contribution in [0.15, 0.2) is 24.3 Å². The first kappa shape index (κ1) is 22.2. The number of benzene rings is 1. The van der Waals surface area contributed by atoms with E-state index in [1.807, 2.05) is 0 Å². The van der Waals surface area contributed by atoms with Crippen LogP contribution in [0.5, 0.6) is 11.5 Å². The fourth-order valence-electron chi connectivity index (χ4n) is 6.78. The van der Waals surface area contributed by atoms with Gasteiger partial charge in [0.1, 0.15) is 11.7 Å². The van der Waals surface area contributed by atoms with Crippen LogP contribution in [0.3, 0.4) is 0 Å². The Morgan fingerprint density at radius 2 is 2.00 bits per heavy atom. The minimum atomic E-state index is -0.390. The Morgan fingerprint density at radius 1 is 1.29 bits per heavy atom. The molecule has 6 heteroatoms. The summed E-state index contributed by atoms with van der Waals surface area (Å²) in [5, 5.41) is 19.8. The largest absolute Gasteiger partial charge is 0.504 e. The molecule has 1 aromatic rings. The van der Waals surface area contributed by atoms with Gasteiger partial charge in [-0.1, -0.05) is 33.8 Å². The Hall–Kier alpha value is -2.05. The summed E-state index contributed by atoms with van der Waals surface area (Å²) in [5.74, 6) is 0.0683. The first-order valence-corrected chi connectivity index (χ1v) is 11.1. The zero-order chi connectivity index (χ0) is 22.7. The molecule has 0 bridgehead atoms. The molecule has 3 aliphatic rings. The number of epoxide rings is 1. The number of aromatic hydroxyl groups is 1. The number of carbonyl (C=O) groups is 1. The van der Waals surface area contributed by atoms with E-state index in [1.165, 1.54) is 19.3 Å². The van der Waals surface area contributed by atoms with Crippen molar-refractivity contribution in [3.05, 3.63) is 29.8 Å². The van der Waals surface area contributed by atoms with E-state index in [2.05, 4.69) is 27.7 Å². The normalized spacial score (nSPS) is 38.3. The summed E-state index contributed by atoms with van der Waals surface area (Å²) in [6, 6.07) is 4.90. The van der Waals surface area contributed by atoms with Crippen LogP contribution in [-0.2, 0) is 14.3 Å². The van der Waals surface area contributed by atoms with E-state index in [9.17, 15) is 15.0 Å². The molecular formula is C25H34O6. The first-order chi connectivity index (χ1) is 14.5. The van der Waals surface area contributed by atoms with Gasteiger partial charge in [0, 0.05) is 29.4 Å². The number of phenols is 1. The Bertz CT molecular complexity index is 901. The molecular weight excluding hydrogens is 396 g/mol. The van der Waals surface area contributed by atoms with Gasteiger partial charge in [-0.15, -0.1) is 0 Å². The average molecular weight is 431 g/mol. The zero-order valence-corrected chi connectivity index (χ0v) is 19.1. The summed E-state index contributed by atoms with van der Waals surface area (Å²) < 4.78 is 17.2. The van der Waals surface area contributed by atoms with E-state index in [1.54, 1.807) is 18.2 Å². The fourth-order valence-corrected chi connectivity index (χ4v) is 6.78. The molecule has 6 nitrogen and oxygen atoms in total. The number of aliphatic hydroxyl groups excluding tert-OH is 1. The first-order valence-electron chi connectivity index (χ1n) is 11.1. The quantitative estimate of drug-likeness (QED) is 0.418. The minimum Gasteiger partial charge on any atom is -0.504 e. The topological polar surface area (TPSA) is 88.5 Å². The van der Waals surface area contributed by atoms with Gasteiger partial charge >= 0.3 is 5.97 Å². The van der Waals surface area contributed by atoms with Gasteiger partial charge in [0.2, 0.25) is 0 Å². The number of esters is 1. The second-order valence-electron chi connectivity index (χ2n) is 10.4. The Kier molecular flexibility index (Phi) is 5.17. The van der Waals surface area contributed by atoms with Crippen LogP contribution in [-0.4, -0.2) is 48.2 Å². The second kappa shape index (κ2) is 7.24. The highest BCUT2D eigenvalue weighted by atomic mass is 16.6. The van der Waals surface area contributed by atoms with Gasteiger partial charge in [-0.25, -0.2) is 4.79 Å². The molecule has 170 valence electrons. The number of fused-ring (bicyclic) bond motifs is 2. The van der Waals surface area contributed by atoms with Gasteiger partial charge in [0.25, 0.3) is 0 Å². The van der Waals surface area contributed by atoms with Crippen molar-refractivity contribution in [2.45, 2.75) is 58.7 Å². The molecule has 1 heterocycles. The van der Waals surface area contributed by atoms with Crippen LogP contribution in [0.25, 0.3) is 6.08 Å². The lowest BCUT2D eigenvalue weighted by atomic mass is 9.45. The number of carbonyl (C=O) groups excluding carboxylic acids is 1. The Morgan fingerprint density at radius 3 is 2.61 bits per heavy atom. The Balaban J connectivity index is 1.56. The number of rotatable bonds is 5. The molecule has 3 fully saturated rings. The highest BCUT2D eigenvalue weighted by Gasteiger charge is 2.80. The van der Waals surface area contributed by atoms with Crippen molar-refractivity contribution in [3.8, 4) is 11.5 Å². The third kappa shape index (κ3) is 3.02. The van der Waals surface area contributed by atoms with Gasteiger partial charge in [0.05, 0.1) is 13.7 Å². The third-order valence-corrected chi connectivity index (χ3v) is 8.96. The lowest BCUT2D eigenvalue weighted by Crippen LogP contribution is -2.61. The Labute approximate surface area is 184 Å². The van der Waals surface area contributed by atoms with Crippen molar-refractivity contribution in [1.82, 2.24) is 0 Å². The SMILES string of the molecule is COc1cc(/C=C/C(=O)O[C@H]2CCC(C)(C)[C@]3(C)[C@@]2(C)C[C@@H](CO)[C@]32CO2)ccc1O. The maximum atomic E-state index is 12.8. The van der Waals surface area contributed by atoms with E-state index in [0.717, 1.165) is 24.8 Å². The van der Waals surface area contributed by atoms with Crippen LogP contribution >= 0.6 is 0 Å². The summed E-state index contributed by atoms with van der Waals surface area (Å²) >= 11 is 0. The summed E-state index contributed by atoms with van der Waals surface area (Å²) in [7, 11) is 1.48. The molecule has 5 atom stereocenters. The molecule has 0 radical (unpaired) electrons. The molecule has 2 aliphatic carbocycles. The maximum Gasteiger partial charge on any atom is 0.331 e. The molecule has 1 aromatic carbocycles. The molecule has 1 aliphatic heterocycles. The smallest absolute Gasteiger partial charge is 0.331 e. The highest BCUT2D eigenvalue weighted by molar-refractivity contribution is 5.87. The number of hydrogen-bond donors (Lipinski definition) is 2. The maximum absolute atomic E-state index is 12.8. The number of methoxy groups -OCH3 is 1. The van der Waals surface area contributed by atoms with Crippen molar-refractivity contribution in [2.75, 3.05) is 20.3 Å². The number of aliphatic hydroxyl groups is 1. The van der Waals surface area contributed by atoms with Crippen LogP contribution in [0.4, 0.5) is 0 Å². The predicted octanol–water partition coefficient (Wildman–Crippen LogP) is 3.94. The van der Waals surface area contributed by atoms with Gasteiger partial charge in [-0.2, -0.15) is 0 Å². The van der Waals surface area contributed by atoms with Crippen molar-refractivity contribution in [2.24, 2.45) is 22.2 Å². The van der Waals surface area contributed by atoms with Crippen molar-refractivity contribution in [1.29, 1.82) is 0 Å². The van der Waals surface area contributed by atoms with Gasteiger partial charge < -0.3 is 24.4 Å². The van der Waals surface area contributed by atoms with E-state index in [-0.39, 0.29) is 46.2 Å². The third-order valence-electron chi connectivity index (χ3n) is 8.96. The van der Waals surface area contributed by atoms with Crippen molar-refractivity contribution < 1.29 is 29.2 Å². The predicted molar refractivity (Wildman–Crippen MR) is 117 cm³/mol. The summed E-state index contributed by atoms with van der Waals surface area (Å²) in [6.45, 7) is 9.80. The summed E-state index contributed by atoms with van der Waals surface area (Å²) in [6.07, 6.45) is 5.34. The molecule has 31 heavy (non-hydrogen) atoms. The van der Waals surface area contributed by atoms with Gasteiger partial charge in [0.15, 0.2) is 11.5 Å². The number of phenolic OH excluding ortho intramolecular Hbond substituents is 1. The molecule has 1 spiro atoms. The fraction of sp³-hybridized carbons (Fsp3) is 0.640. The molecule has 0 unspecified atom stereocenters. The van der Waals surface area contributed by atoms with Gasteiger partial charge in [-0.05, 0) is 48.4 Å². The summed E-state index contributed by atoms with van der Waals surface area (Å²) in [5.41, 5.74) is -0.0897. The van der Waals surface area contributed by atoms with E-state index >= 15 is 0 Å². The number of hydrogen-bond acceptors (Lipinski definition) is 6. The molecule has 2 saturated carbocycles. The number of ether oxygens (including phenoxy) is 3. The van der Waals surface area contributed by atoms with Crippen molar-refractivity contribution in [3.63, 3.8) is 0 Å². The zero-order valence-electron chi connectivity index (χ0n) is 19.1. The summed E-state index contributed by atoms with van der Waals surface area (Å²) in [4.78, 5) is 12.8. The van der Waals surface area contributed by atoms with Crippen LogP contribution < -0.4 is 4.74 Å². The molecule has 4 rings (SSSR count). The van der Waals surface area contributed by atoms with Crippen LogP contribution in [0.1, 0.15) is 52.5 Å². The average Bonchev–Trinajstić information content (AvgIpc) is 3.51. The molecule has 0 aromatic heterocycles. The second-order valence-corrected chi connectivity index (χ2v) is 10.4. The van der Waals surface area contributed by atoms with Crippen LogP contribution in [0.2, 0.25) is 0 Å². The highest BCUT2D eigenvalue weighted by Crippen LogP contribution is 2.77. The van der Waals surface area contributed by atoms with E-state index < -0.39 is 5.97 Å². The lowest BCUT2D eigenvalue weighted by Gasteiger charge is -2.60.